The van der Waals surface area contributed by atoms with Crippen molar-refractivity contribution in [2.45, 2.75) is 129 Å². The lowest BCUT2D eigenvalue weighted by atomic mass is 9.66. The molecule has 6 nitrogen and oxygen atoms in total. The predicted octanol–water partition coefficient (Wildman–Crippen LogP) is 6.62. The van der Waals surface area contributed by atoms with E-state index in [-0.39, 0.29) is 29.6 Å². The number of esters is 1. The van der Waals surface area contributed by atoms with Crippen molar-refractivity contribution < 1.29 is 28.5 Å². The molecular weight excluding hydrogens is 456 g/mol. The van der Waals surface area contributed by atoms with Crippen LogP contribution in [0.15, 0.2) is 12.1 Å². The Hall–Kier alpha value is -1.92. The summed E-state index contributed by atoms with van der Waals surface area (Å²) < 4.78 is 24.1. The number of hydrogen-bond donors (Lipinski definition) is 0. The number of benzene rings is 1. The van der Waals surface area contributed by atoms with Gasteiger partial charge in [0.1, 0.15) is 22.9 Å². The van der Waals surface area contributed by atoms with Gasteiger partial charge in [-0.1, -0.05) is 46.5 Å². The van der Waals surface area contributed by atoms with Gasteiger partial charge < -0.3 is 18.9 Å². The third kappa shape index (κ3) is 5.65. The molecule has 4 rings (SSSR count). The number of carbonyl (C=O) groups excluding carboxylic acids is 2. The third-order valence-corrected chi connectivity index (χ3v) is 8.33. The van der Waals surface area contributed by atoms with Gasteiger partial charge in [0.25, 0.3) is 0 Å². The molecule has 0 radical (unpaired) electrons. The van der Waals surface area contributed by atoms with E-state index in [0.717, 1.165) is 36.1 Å². The van der Waals surface area contributed by atoms with Crippen LogP contribution in [0.2, 0.25) is 0 Å². The fourth-order valence-corrected chi connectivity index (χ4v) is 6.14. The molecule has 0 N–H and O–H groups in total. The number of Topliss-reactive ketones (excluding diaryl/α,β-unsaturated/α-hetero) is 1. The summed E-state index contributed by atoms with van der Waals surface area (Å²) in [5, 5.41) is 0. The zero-order valence-corrected chi connectivity index (χ0v) is 23.2. The van der Waals surface area contributed by atoms with Crippen molar-refractivity contribution >= 4 is 11.8 Å². The first-order valence-electron chi connectivity index (χ1n) is 13.8. The van der Waals surface area contributed by atoms with E-state index in [9.17, 15) is 9.59 Å². The van der Waals surface area contributed by atoms with Gasteiger partial charge in [0.05, 0.1) is 6.61 Å². The summed E-state index contributed by atoms with van der Waals surface area (Å²) in [6.07, 6.45) is 6.82. The minimum absolute atomic E-state index is 0.0355. The summed E-state index contributed by atoms with van der Waals surface area (Å²) in [6.45, 7) is 14.7. The van der Waals surface area contributed by atoms with Crippen LogP contribution in [-0.2, 0) is 24.5 Å². The van der Waals surface area contributed by atoms with Gasteiger partial charge in [0, 0.05) is 30.2 Å². The van der Waals surface area contributed by atoms with E-state index in [2.05, 4.69) is 40.7 Å². The second kappa shape index (κ2) is 10.1. The minimum Gasteiger partial charge on any atom is -0.487 e. The molecule has 36 heavy (non-hydrogen) atoms. The summed E-state index contributed by atoms with van der Waals surface area (Å²) in [4.78, 5) is 25.8. The van der Waals surface area contributed by atoms with Crippen molar-refractivity contribution in [2.24, 2.45) is 5.92 Å². The highest BCUT2D eigenvalue weighted by molar-refractivity contribution is 5.82. The molecule has 6 heteroatoms. The Morgan fingerprint density at radius 1 is 1.14 bits per heavy atom. The number of ether oxygens (including phenoxy) is 4. The van der Waals surface area contributed by atoms with E-state index in [4.69, 9.17) is 18.9 Å². The molecule has 1 aliphatic carbocycles. The Balaban J connectivity index is 1.72. The molecule has 200 valence electrons. The van der Waals surface area contributed by atoms with Crippen LogP contribution in [0.3, 0.4) is 0 Å². The van der Waals surface area contributed by atoms with Crippen LogP contribution in [0.1, 0.15) is 117 Å². The van der Waals surface area contributed by atoms with Gasteiger partial charge in [-0.05, 0) is 63.6 Å². The molecule has 3 aliphatic rings. The van der Waals surface area contributed by atoms with Crippen LogP contribution < -0.4 is 9.47 Å². The van der Waals surface area contributed by atoms with E-state index >= 15 is 0 Å². The summed E-state index contributed by atoms with van der Waals surface area (Å²) in [5.41, 5.74) is 1.41. The molecule has 1 saturated heterocycles. The first-order chi connectivity index (χ1) is 16.8. The monoisotopic (exact) mass is 500 g/mol. The van der Waals surface area contributed by atoms with Crippen molar-refractivity contribution in [3.63, 3.8) is 0 Å². The summed E-state index contributed by atoms with van der Waals surface area (Å²) in [6, 6.07) is 4.14. The number of unbranched alkanes of at least 4 members (excludes halogenated alkanes) is 3. The first kappa shape index (κ1) is 27.1. The molecule has 1 aromatic carbocycles. The second-order valence-electron chi connectivity index (χ2n) is 12.5. The number of carbonyl (C=O) groups is 2. The quantitative estimate of drug-likeness (QED) is 0.227. The van der Waals surface area contributed by atoms with Crippen molar-refractivity contribution in [2.75, 3.05) is 6.61 Å². The fraction of sp³-hybridized carbons (Fsp3) is 0.733. The molecule has 2 aliphatic heterocycles. The maximum absolute atomic E-state index is 13.2. The number of fused-ring (bicyclic) bond motifs is 3. The van der Waals surface area contributed by atoms with Crippen LogP contribution in [0.25, 0.3) is 0 Å². The van der Waals surface area contributed by atoms with Gasteiger partial charge >= 0.3 is 5.97 Å². The first-order valence-corrected chi connectivity index (χ1v) is 13.8. The molecule has 0 bridgehead atoms. The molecule has 0 aromatic heterocycles. The van der Waals surface area contributed by atoms with E-state index in [0.29, 0.717) is 18.6 Å². The molecule has 2 heterocycles. The molecular formula is C30H44O6. The van der Waals surface area contributed by atoms with Crippen molar-refractivity contribution in [3.8, 4) is 11.5 Å². The lowest BCUT2D eigenvalue weighted by molar-refractivity contribution is -0.162. The highest BCUT2D eigenvalue weighted by Gasteiger charge is 2.48. The van der Waals surface area contributed by atoms with E-state index in [1.807, 2.05) is 6.07 Å². The van der Waals surface area contributed by atoms with E-state index in [1.54, 1.807) is 13.8 Å². The third-order valence-electron chi connectivity index (χ3n) is 8.33. The van der Waals surface area contributed by atoms with Crippen LogP contribution >= 0.6 is 0 Å². The van der Waals surface area contributed by atoms with Crippen LogP contribution in [0, 0.1) is 5.92 Å². The standard InChI is InChI=1S/C30H44O6/c1-8-9-10-11-14-28(2,3)19-15-23(34-27(32)25-18-33-30(6,7)36-25)26-21-17-20(31)12-13-22(21)29(4,5)35-24(26)16-19/h15-16,21-22,25H,8-14,17-18H2,1-7H3/t21-,22-,25+/m1/s1. The maximum Gasteiger partial charge on any atom is 0.343 e. The highest BCUT2D eigenvalue weighted by Crippen LogP contribution is 2.55. The van der Waals surface area contributed by atoms with E-state index in [1.165, 1.54) is 19.3 Å². The lowest BCUT2D eigenvalue weighted by Gasteiger charge is -2.47. The number of rotatable bonds is 8. The smallest absolute Gasteiger partial charge is 0.343 e. The Bertz CT molecular complexity index is 991. The number of hydrogen-bond acceptors (Lipinski definition) is 6. The highest BCUT2D eigenvalue weighted by atomic mass is 16.8. The second-order valence-corrected chi connectivity index (χ2v) is 12.5. The van der Waals surface area contributed by atoms with Gasteiger partial charge in [-0.25, -0.2) is 4.79 Å². The molecule has 0 spiro atoms. The van der Waals surface area contributed by atoms with Gasteiger partial charge in [-0.2, -0.15) is 0 Å². The summed E-state index contributed by atoms with van der Waals surface area (Å²) in [7, 11) is 0. The average molecular weight is 501 g/mol. The Morgan fingerprint density at radius 2 is 1.89 bits per heavy atom. The molecule has 3 atom stereocenters. The van der Waals surface area contributed by atoms with Crippen molar-refractivity contribution in [3.05, 3.63) is 23.3 Å². The zero-order chi connectivity index (χ0) is 26.3. The van der Waals surface area contributed by atoms with Crippen LogP contribution in [-0.4, -0.2) is 35.9 Å². The molecule has 0 unspecified atom stereocenters. The van der Waals surface area contributed by atoms with Gasteiger partial charge in [-0.3, -0.25) is 4.79 Å². The molecule has 0 amide bonds. The SMILES string of the molecule is CCCCCCC(C)(C)c1cc(OC(=O)[C@@H]2COC(C)(C)O2)c2c(c1)OC(C)(C)[C@@H]1CCC(=O)C[C@@H]21. The van der Waals surface area contributed by atoms with Crippen LogP contribution in [0.5, 0.6) is 11.5 Å². The fourth-order valence-electron chi connectivity index (χ4n) is 6.14. The molecule has 1 aromatic rings. The largest absolute Gasteiger partial charge is 0.487 e. The van der Waals surface area contributed by atoms with E-state index < -0.39 is 23.5 Å². The zero-order valence-electron chi connectivity index (χ0n) is 23.2. The van der Waals surface area contributed by atoms with Gasteiger partial charge in [0.15, 0.2) is 11.9 Å². The van der Waals surface area contributed by atoms with Crippen molar-refractivity contribution in [1.29, 1.82) is 0 Å². The Morgan fingerprint density at radius 3 is 2.56 bits per heavy atom. The lowest BCUT2D eigenvalue weighted by Crippen LogP contribution is -2.47. The predicted molar refractivity (Wildman–Crippen MR) is 139 cm³/mol. The Kier molecular flexibility index (Phi) is 7.60. The van der Waals surface area contributed by atoms with Gasteiger partial charge in [-0.15, -0.1) is 0 Å². The number of ketones is 1. The summed E-state index contributed by atoms with van der Waals surface area (Å²) in [5.74, 6) is 0.351. The Labute approximate surface area is 216 Å². The summed E-state index contributed by atoms with van der Waals surface area (Å²) >= 11 is 0. The topological polar surface area (TPSA) is 71.1 Å². The normalized spacial score (nSPS) is 26.6. The molecule has 1 saturated carbocycles. The van der Waals surface area contributed by atoms with Gasteiger partial charge in [0.2, 0.25) is 0 Å². The average Bonchev–Trinajstić information content (AvgIpc) is 3.15. The minimum atomic E-state index is -0.820. The van der Waals surface area contributed by atoms with Crippen molar-refractivity contribution in [1.82, 2.24) is 0 Å². The molecule has 2 fully saturated rings. The van der Waals surface area contributed by atoms with Crippen LogP contribution in [0.4, 0.5) is 0 Å². The maximum atomic E-state index is 13.2.